The van der Waals surface area contributed by atoms with E-state index in [0.717, 1.165) is 16.8 Å². The van der Waals surface area contributed by atoms with E-state index < -0.39 is 34.6 Å². The van der Waals surface area contributed by atoms with Crippen LogP contribution in [0.25, 0.3) is 33.4 Å². The predicted molar refractivity (Wildman–Crippen MR) is 112 cm³/mol. The molecule has 0 fully saturated rings. The van der Waals surface area contributed by atoms with Crippen molar-refractivity contribution < 1.29 is 23.5 Å². The Bertz CT molecular complexity index is 1360. The molecule has 0 aliphatic heterocycles. The number of carbonyl (C=O) groups excluding carboxylic acids is 1. The molecule has 0 saturated heterocycles. The van der Waals surface area contributed by atoms with Crippen LogP contribution in [-0.2, 0) is 11.8 Å². The highest BCUT2D eigenvalue weighted by Crippen LogP contribution is 2.33. The van der Waals surface area contributed by atoms with Crippen molar-refractivity contribution in [2.75, 3.05) is 5.32 Å². The summed E-state index contributed by atoms with van der Waals surface area (Å²) in [5.74, 6) is -2.55. The van der Waals surface area contributed by atoms with Crippen LogP contribution in [0.3, 0.4) is 0 Å². The first-order valence-corrected chi connectivity index (χ1v) is 9.64. The molecule has 12 heteroatoms. The Morgan fingerprint density at radius 2 is 1.88 bits per heavy atom. The zero-order valence-electron chi connectivity index (χ0n) is 16.7. The van der Waals surface area contributed by atoms with Gasteiger partial charge in [-0.1, -0.05) is 0 Å². The van der Waals surface area contributed by atoms with Gasteiger partial charge in [0, 0.05) is 29.9 Å². The average Bonchev–Trinajstić information content (AvgIpc) is 3.30. The number of carboxylic acid groups (broad SMARTS) is 1. The summed E-state index contributed by atoms with van der Waals surface area (Å²) < 4.78 is 31.9. The van der Waals surface area contributed by atoms with Crippen LogP contribution < -0.4 is 5.32 Å². The van der Waals surface area contributed by atoms with Crippen LogP contribution in [0.5, 0.6) is 0 Å². The number of fused-ring (bicyclic) bond motifs is 1. The number of anilines is 1. The van der Waals surface area contributed by atoms with Crippen molar-refractivity contribution in [3.05, 3.63) is 48.4 Å². The van der Waals surface area contributed by atoms with Gasteiger partial charge in [-0.3, -0.25) is 14.5 Å². The average molecular weight is 461 g/mol. The van der Waals surface area contributed by atoms with Gasteiger partial charge in [0.1, 0.15) is 22.7 Å². The van der Waals surface area contributed by atoms with Gasteiger partial charge in [-0.25, -0.2) is 13.6 Å². The summed E-state index contributed by atoms with van der Waals surface area (Å²) in [6.45, 7) is 1.42. The summed E-state index contributed by atoms with van der Waals surface area (Å²) in [5.41, 5.74) is 0.303. The minimum atomic E-state index is -1.34. The van der Waals surface area contributed by atoms with Crippen LogP contribution in [0.15, 0.2) is 36.8 Å². The van der Waals surface area contributed by atoms with Gasteiger partial charge >= 0.3 is 6.09 Å². The summed E-state index contributed by atoms with van der Waals surface area (Å²) in [6, 6.07) is 3.25. The second kappa shape index (κ2) is 8.00. The lowest BCUT2D eigenvalue weighted by atomic mass is 10.1. The number of hydrogen-bond donors (Lipinski definition) is 2. The Morgan fingerprint density at radius 1 is 1.19 bits per heavy atom. The zero-order valence-corrected chi connectivity index (χ0v) is 17.4. The van der Waals surface area contributed by atoms with Crippen molar-refractivity contribution in [2.24, 2.45) is 7.05 Å². The van der Waals surface area contributed by atoms with E-state index in [2.05, 4.69) is 20.5 Å². The molecule has 0 radical (unpaired) electrons. The van der Waals surface area contributed by atoms with Gasteiger partial charge in [0.25, 0.3) is 0 Å². The third-order valence-corrected chi connectivity index (χ3v) is 4.85. The van der Waals surface area contributed by atoms with Gasteiger partial charge in [0.15, 0.2) is 0 Å². The van der Waals surface area contributed by atoms with Gasteiger partial charge in [-0.15, -0.1) is 11.6 Å². The minimum absolute atomic E-state index is 0.0776. The van der Waals surface area contributed by atoms with Crippen molar-refractivity contribution in [3.8, 4) is 22.5 Å². The van der Waals surface area contributed by atoms with Crippen LogP contribution >= 0.6 is 11.6 Å². The molecule has 1 unspecified atom stereocenters. The predicted octanol–water partition coefficient (Wildman–Crippen LogP) is 3.87. The number of carbonyl (C=O) groups is 2. The monoisotopic (exact) mass is 460 g/mol. The Kier molecular flexibility index (Phi) is 5.35. The van der Waals surface area contributed by atoms with Gasteiger partial charge in [0.2, 0.25) is 5.91 Å². The fourth-order valence-electron chi connectivity index (χ4n) is 3.19. The lowest BCUT2D eigenvalue weighted by Gasteiger charge is -2.10. The second-order valence-corrected chi connectivity index (χ2v) is 7.61. The number of benzene rings is 1. The molecule has 2 N–H and O–H groups in total. The van der Waals surface area contributed by atoms with E-state index in [9.17, 15) is 23.5 Å². The van der Waals surface area contributed by atoms with Crippen molar-refractivity contribution in [3.63, 3.8) is 0 Å². The lowest BCUT2D eigenvalue weighted by molar-refractivity contribution is -0.115. The van der Waals surface area contributed by atoms with Crippen molar-refractivity contribution in [1.82, 2.24) is 24.5 Å². The highest BCUT2D eigenvalue weighted by Gasteiger charge is 2.22. The summed E-state index contributed by atoms with van der Waals surface area (Å²) >= 11 is 5.67. The van der Waals surface area contributed by atoms with E-state index >= 15 is 0 Å². The molecule has 9 nitrogen and oxygen atoms in total. The Morgan fingerprint density at radius 3 is 2.44 bits per heavy atom. The van der Waals surface area contributed by atoms with Gasteiger partial charge in [-0.05, 0) is 25.1 Å². The molecule has 3 heterocycles. The zero-order chi connectivity index (χ0) is 23.2. The third kappa shape index (κ3) is 3.78. The largest absolute Gasteiger partial charge is 0.463 e. The maximum atomic E-state index is 14.8. The molecule has 0 bridgehead atoms. The standard InChI is InChI=1S/C20H15ClF2N6O3/c1-9(21)19(30)26-11-3-13(22)17(14(23)4-11)15-5-12-16(7-24-15)29(20(31)32)27-18(12)10-6-25-28(2)8-10/h3-9H,1-2H3,(H,26,30)(H,31,32). The first-order valence-electron chi connectivity index (χ1n) is 9.21. The summed E-state index contributed by atoms with van der Waals surface area (Å²) in [4.78, 5) is 27.3. The number of nitrogens with zero attached hydrogens (tertiary/aromatic N) is 5. The van der Waals surface area contributed by atoms with E-state index in [4.69, 9.17) is 11.6 Å². The Hall–Kier alpha value is -3.86. The number of hydrogen-bond acceptors (Lipinski definition) is 5. The fourth-order valence-corrected chi connectivity index (χ4v) is 3.24. The highest BCUT2D eigenvalue weighted by atomic mass is 35.5. The SMILES string of the molecule is CC(Cl)C(=O)Nc1cc(F)c(-c2cc3c(-c4cnn(C)c4)nn(C(=O)O)c3cn2)c(F)c1. The summed E-state index contributed by atoms with van der Waals surface area (Å²) in [7, 11) is 1.68. The fraction of sp³-hybridized carbons (Fsp3) is 0.150. The van der Waals surface area contributed by atoms with Gasteiger partial charge in [0.05, 0.1) is 29.2 Å². The molecule has 4 rings (SSSR count). The Labute approximate surface area is 184 Å². The number of alkyl halides is 1. The molecule has 0 spiro atoms. The summed E-state index contributed by atoms with van der Waals surface area (Å²) in [6.07, 6.45) is 2.95. The maximum absolute atomic E-state index is 14.8. The van der Waals surface area contributed by atoms with Crippen molar-refractivity contribution >= 4 is 40.2 Å². The number of aromatic nitrogens is 5. The Balaban J connectivity index is 1.85. The normalized spacial score (nSPS) is 12.2. The van der Waals surface area contributed by atoms with Gasteiger partial charge in [-0.2, -0.15) is 14.9 Å². The number of amides is 1. The topological polar surface area (TPSA) is 115 Å². The molecule has 4 aromatic rings. The first kappa shape index (κ1) is 21.4. The number of rotatable bonds is 4. The van der Waals surface area contributed by atoms with Crippen molar-refractivity contribution in [1.29, 1.82) is 0 Å². The smallest absolute Gasteiger partial charge is 0.432 e. The van der Waals surface area contributed by atoms with E-state index in [1.54, 1.807) is 13.2 Å². The molecular weight excluding hydrogens is 446 g/mol. The van der Waals surface area contributed by atoms with E-state index in [1.807, 2.05) is 0 Å². The van der Waals surface area contributed by atoms with Crippen LogP contribution in [0.4, 0.5) is 19.3 Å². The quantitative estimate of drug-likeness (QED) is 0.447. The van der Waals surface area contributed by atoms with Crippen LogP contribution in [0.1, 0.15) is 6.92 Å². The summed E-state index contributed by atoms with van der Waals surface area (Å²) in [5, 5.41) is 19.3. The van der Waals surface area contributed by atoms with Crippen molar-refractivity contribution in [2.45, 2.75) is 12.3 Å². The second-order valence-electron chi connectivity index (χ2n) is 6.95. The molecular formula is C20H15ClF2N6O3. The van der Waals surface area contributed by atoms with Gasteiger partial charge < -0.3 is 10.4 Å². The van der Waals surface area contributed by atoms with Crippen LogP contribution in [0, 0.1) is 11.6 Å². The minimum Gasteiger partial charge on any atom is -0.463 e. The number of halogens is 3. The number of nitrogens with one attached hydrogen (secondary N) is 1. The molecule has 0 saturated carbocycles. The van der Waals surface area contributed by atoms with E-state index in [-0.39, 0.29) is 22.6 Å². The first-order chi connectivity index (χ1) is 15.2. The molecule has 0 aliphatic carbocycles. The van der Waals surface area contributed by atoms with Crippen LogP contribution in [-0.4, -0.2) is 47.0 Å². The molecule has 1 amide bonds. The molecule has 164 valence electrons. The number of aryl methyl sites for hydroxylation is 1. The maximum Gasteiger partial charge on any atom is 0.432 e. The highest BCUT2D eigenvalue weighted by molar-refractivity contribution is 6.32. The molecule has 1 aromatic carbocycles. The number of pyridine rings is 1. The molecule has 0 aliphatic rings. The molecule has 3 aromatic heterocycles. The lowest BCUT2D eigenvalue weighted by Crippen LogP contribution is -2.20. The van der Waals surface area contributed by atoms with Crippen LogP contribution in [0.2, 0.25) is 0 Å². The molecule has 1 atom stereocenters. The molecule has 32 heavy (non-hydrogen) atoms. The van der Waals surface area contributed by atoms with E-state index in [0.29, 0.717) is 10.9 Å². The van der Waals surface area contributed by atoms with E-state index in [1.165, 1.54) is 30.1 Å². The third-order valence-electron chi connectivity index (χ3n) is 4.65.